The molecule has 0 spiro atoms. The van der Waals surface area contributed by atoms with Crippen LogP contribution in [-0.4, -0.2) is 34.3 Å². The average Bonchev–Trinajstić information content (AvgIpc) is 2.79. The van der Waals surface area contributed by atoms with E-state index >= 15 is 0 Å². The first kappa shape index (κ1) is 14.1. The highest BCUT2D eigenvalue weighted by Crippen LogP contribution is 2.23. The Morgan fingerprint density at radius 1 is 1.47 bits per heavy atom. The summed E-state index contributed by atoms with van der Waals surface area (Å²) in [5, 5.41) is 4.80. The highest BCUT2D eigenvalue weighted by atomic mass is 32.1. The van der Waals surface area contributed by atoms with Crippen LogP contribution in [0.25, 0.3) is 0 Å². The van der Waals surface area contributed by atoms with Gasteiger partial charge in [0, 0.05) is 17.3 Å². The lowest BCUT2D eigenvalue weighted by atomic mass is 9.95. The fourth-order valence-corrected chi connectivity index (χ4v) is 3.32. The van der Waals surface area contributed by atoms with Crippen molar-refractivity contribution in [1.29, 1.82) is 0 Å². The van der Waals surface area contributed by atoms with Crippen LogP contribution in [0.15, 0.2) is 17.5 Å². The van der Waals surface area contributed by atoms with Gasteiger partial charge in [-0.2, -0.15) is 0 Å². The van der Waals surface area contributed by atoms with Gasteiger partial charge in [0.15, 0.2) is 0 Å². The van der Waals surface area contributed by atoms with E-state index in [-0.39, 0.29) is 17.9 Å². The van der Waals surface area contributed by atoms with Gasteiger partial charge in [0.05, 0.1) is 0 Å². The maximum atomic E-state index is 12.5. The second kappa shape index (κ2) is 4.96. The third-order valence-corrected chi connectivity index (χ3v) is 4.45. The Bertz CT molecular complexity index is 482. The molecule has 0 saturated carbocycles. The van der Waals surface area contributed by atoms with Crippen LogP contribution in [0.1, 0.15) is 32.6 Å². The van der Waals surface area contributed by atoms with Crippen LogP contribution in [0.3, 0.4) is 0 Å². The van der Waals surface area contributed by atoms with Crippen molar-refractivity contribution in [2.75, 3.05) is 0 Å². The Labute approximate surface area is 117 Å². The molecule has 2 atom stereocenters. The zero-order valence-electron chi connectivity index (χ0n) is 11.8. The summed E-state index contributed by atoms with van der Waals surface area (Å²) in [5.74, 6) is -0.0914. The Hall–Kier alpha value is -1.36. The molecule has 1 N–H and O–H groups in total. The molecule has 19 heavy (non-hydrogen) atoms. The molecule has 1 aromatic heterocycles. The summed E-state index contributed by atoms with van der Waals surface area (Å²) in [6.45, 7) is 7.30. The molecule has 0 aliphatic carbocycles. The van der Waals surface area contributed by atoms with Crippen LogP contribution < -0.4 is 5.32 Å². The zero-order chi connectivity index (χ0) is 14.2. The molecule has 5 heteroatoms. The van der Waals surface area contributed by atoms with Gasteiger partial charge in [-0.3, -0.25) is 9.59 Å². The molecule has 1 aliphatic heterocycles. The van der Waals surface area contributed by atoms with E-state index in [1.807, 2.05) is 18.4 Å². The van der Waals surface area contributed by atoms with Gasteiger partial charge in [0.25, 0.3) is 0 Å². The summed E-state index contributed by atoms with van der Waals surface area (Å²) < 4.78 is 0. The van der Waals surface area contributed by atoms with Gasteiger partial charge in [0.2, 0.25) is 11.8 Å². The lowest BCUT2D eigenvalue weighted by Crippen LogP contribution is -2.69. The SMILES string of the molecule is CC(Cc1cccs1)N1C(=O)C(C)(C)NC(=O)C1C. The molecule has 1 saturated heterocycles. The number of carbonyl (C=O) groups is 2. The second-order valence-electron chi connectivity index (χ2n) is 5.64. The molecular weight excluding hydrogens is 260 g/mol. The predicted molar refractivity (Wildman–Crippen MR) is 76.0 cm³/mol. The maximum Gasteiger partial charge on any atom is 0.248 e. The lowest BCUT2D eigenvalue weighted by Gasteiger charge is -2.44. The third-order valence-electron chi connectivity index (χ3n) is 3.55. The molecule has 104 valence electrons. The van der Waals surface area contributed by atoms with Crippen molar-refractivity contribution in [2.24, 2.45) is 0 Å². The highest BCUT2D eigenvalue weighted by molar-refractivity contribution is 7.09. The number of nitrogens with one attached hydrogen (secondary N) is 1. The van der Waals surface area contributed by atoms with Gasteiger partial charge in [-0.05, 0) is 39.1 Å². The number of thiophene rings is 1. The van der Waals surface area contributed by atoms with E-state index in [0.29, 0.717) is 0 Å². The topological polar surface area (TPSA) is 49.4 Å². The van der Waals surface area contributed by atoms with Gasteiger partial charge in [0.1, 0.15) is 11.6 Å². The van der Waals surface area contributed by atoms with E-state index in [2.05, 4.69) is 11.4 Å². The number of carbonyl (C=O) groups excluding carboxylic acids is 2. The van der Waals surface area contributed by atoms with Gasteiger partial charge in [-0.1, -0.05) is 6.07 Å². The standard InChI is InChI=1S/C14H20N2O2S/c1-9(8-11-6-5-7-19-11)16-10(2)12(17)15-14(3,4)13(16)18/h5-7,9-10H,8H2,1-4H3,(H,15,17). The summed E-state index contributed by atoms with van der Waals surface area (Å²) in [7, 11) is 0. The summed E-state index contributed by atoms with van der Waals surface area (Å²) in [6.07, 6.45) is 0.789. The summed E-state index contributed by atoms with van der Waals surface area (Å²) in [4.78, 5) is 27.4. The van der Waals surface area contributed by atoms with Gasteiger partial charge < -0.3 is 10.2 Å². The smallest absolute Gasteiger partial charge is 0.248 e. The third kappa shape index (κ3) is 2.66. The normalized spacial score (nSPS) is 24.2. The van der Waals surface area contributed by atoms with Crippen molar-refractivity contribution in [3.05, 3.63) is 22.4 Å². The average molecular weight is 280 g/mol. The van der Waals surface area contributed by atoms with E-state index in [9.17, 15) is 9.59 Å². The van der Waals surface area contributed by atoms with E-state index in [1.54, 1.807) is 37.0 Å². The van der Waals surface area contributed by atoms with Crippen LogP contribution in [0, 0.1) is 0 Å². The quantitative estimate of drug-likeness (QED) is 0.918. The molecule has 0 aromatic carbocycles. The molecule has 1 fully saturated rings. The molecule has 0 radical (unpaired) electrons. The Balaban J connectivity index is 2.20. The second-order valence-corrected chi connectivity index (χ2v) is 6.67. The predicted octanol–water partition coefficient (Wildman–Crippen LogP) is 1.80. The lowest BCUT2D eigenvalue weighted by molar-refractivity contribution is -0.155. The van der Waals surface area contributed by atoms with Gasteiger partial charge in [-0.15, -0.1) is 11.3 Å². The van der Waals surface area contributed by atoms with Crippen LogP contribution in [0.2, 0.25) is 0 Å². The molecule has 1 aromatic rings. The van der Waals surface area contributed by atoms with Gasteiger partial charge >= 0.3 is 0 Å². The van der Waals surface area contributed by atoms with E-state index in [4.69, 9.17) is 0 Å². The number of amides is 2. The zero-order valence-corrected chi connectivity index (χ0v) is 12.6. The Morgan fingerprint density at radius 2 is 2.16 bits per heavy atom. The highest BCUT2D eigenvalue weighted by Gasteiger charge is 2.44. The maximum absolute atomic E-state index is 12.5. The number of nitrogens with zero attached hydrogens (tertiary/aromatic N) is 1. The first-order valence-electron chi connectivity index (χ1n) is 6.50. The van der Waals surface area contributed by atoms with Crippen molar-refractivity contribution in [3.8, 4) is 0 Å². The van der Waals surface area contributed by atoms with Crippen molar-refractivity contribution in [1.82, 2.24) is 10.2 Å². The van der Waals surface area contributed by atoms with E-state index < -0.39 is 11.6 Å². The summed E-state index contributed by atoms with van der Waals surface area (Å²) >= 11 is 1.68. The monoisotopic (exact) mass is 280 g/mol. The fourth-order valence-electron chi connectivity index (χ4n) is 2.49. The fraction of sp³-hybridized carbons (Fsp3) is 0.571. The molecule has 2 amide bonds. The number of hydrogen-bond acceptors (Lipinski definition) is 3. The van der Waals surface area contributed by atoms with Crippen LogP contribution >= 0.6 is 11.3 Å². The van der Waals surface area contributed by atoms with Crippen LogP contribution in [0.4, 0.5) is 0 Å². The minimum atomic E-state index is -0.812. The molecule has 2 unspecified atom stereocenters. The molecule has 2 heterocycles. The summed E-state index contributed by atoms with van der Waals surface area (Å²) in [6, 6.07) is 3.68. The number of hydrogen-bond donors (Lipinski definition) is 1. The molecule has 1 aliphatic rings. The Kier molecular flexibility index (Phi) is 3.67. The molecule has 2 rings (SSSR count). The Morgan fingerprint density at radius 3 is 2.74 bits per heavy atom. The van der Waals surface area contributed by atoms with Crippen LogP contribution in [-0.2, 0) is 16.0 Å². The van der Waals surface area contributed by atoms with E-state index in [0.717, 1.165) is 6.42 Å². The first-order chi connectivity index (χ1) is 8.83. The van der Waals surface area contributed by atoms with Crippen LogP contribution in [0.5, 0.6) is 0 Å². The molecular formula is C14H20N2O2S. The van der Waals surface area contributed by atoms with Crippen molar-refractivity contribution in [2.45, 2.75) is 51.7 Å². The molecule has 4 nitrogen and oxygen atoms in total. The van der Waals surface area contributed by atoms with Crippen molar-refractivity contribution < 1.29 is 9.59 Å². The molecule has 0 bridgehead atoms. The van der Waals surface area contributed by atoms with E-state index in [1.165, 1.54) is 4.88 Å². The minimum absolute atomic E-state index is 0.0105. The van der Waals surface area contributed by atoms with Gasteiger partial charge in [-0.25, -0.2) is 0 Å². The largest absolute Gasteiger partial charge is 0.340 e. The first-order valence-corrected chi connectivity index (χ1v) is 7.38. The summed E-state index contributed by atoms with van der Waals surface area (Å²) in [5.41, 5.74) is -0.812. The number of piperazine rings is 1. The van der Waals surface area contributed by atoms with Crippen molar-refractivity contribution >= 4 is 23.2 Å². The van der Waals surface area contributed by atoms with Crippen molar-refractivity contribution in [3.63, 3.8) is 0 Å². The minimum Gasteiger partial charge on any atom is -0.340 e. The number of rotatable bonds is 3.